The van der Waals surface area contributed by atoms with Crippen LogP contribution in [0.2, 0.25) is 0 Å². The smallest absolute Gasteiger partial charge is 0.310 e. The third-order valence-corrected chi connectivity index (χ3v) is 7.82. The van der Waals surface area contributed by atoms with Crippen molar-refractivity contribution in [3.63, 3.8) is 0 Å². The number of nitrogens with zero attached hydrogens (tertiary/aromatic N) is 1. The fourth-order valence-corrected chi connectivity index (χ4v) is 4.76. The minimum atomic E-state index is -4.57. The highest BCUT2D eigenvalue weighted by molar-refractivity contribution is 7.45. The molecule has 0 saturated heterocycles. The molecule has 0 radical (unpaired) electrons. The van der Waals surface area contributed by atoms with Gasteiger partial charge in [-0.05, 0) is 70.6 Å². The van der Waals surface area contributed by atoms with Crippen molar-refractivity contribution in [1.29, 1.82) is 0 Å². The number of rotatable bonds is 32. The maximum Gasteiger partial charge on any atom is 0.310 e. The van der Waals surface area contributed by atoms with E-state index in [0.717, 1.165) is 64.2 Å². The molecule has 2 unspecified atom stereocenters. The van der Waals surface area contributed by atoms with Crippen LogP contribution in [0.1, 0.15) is 90.9 Å². The van der Waals surface area contributed by atoms with Gasteiger partial charge in [-0.2, -0.15) is 0 Å². The Morgan fingerprint density at radius 2 is 1.04 bits per heavy atom. The van der Waals surface area contributed by atoms with E-state index >= 15 is 0 Å². The molecule has 0 N–H and O–H groups in total. The molecule has 2 atom stereocenters. The molecule has 0 aromatic heterocycles. The Morgan fingerprint density at radius 3 is 1.49 bits per heavy atom. The van der Waals surface area contributed by atoms with E-state index in [2.05, 4.69) is 105 Å². The average molecular weight is 730 g/mol. The second-order valence-corrected chi connectivity index (χ2v) is 14.2. The number of likely N-dealkylation sites (N-methyl/N-ethyl adjacent to an activating group) is 1. The minimum Gasteiger partial charge on any atom is -0.756 e. The summed E-state index contributed by atoms with van der Waals surface area (Å²) in [5.41, 5.74) is 0. The lowest BCUT2D eigenvalue weighted by Crippen LogP contribution is -2.37. The van der Waals surface area contributed by atoms with Gasteiger partial charge in [0.1, 0.15) is 19.3 Å². The summed E-state index contributed by atoms with van der Waals surface area (Å²) in [6.45, 7) is 4.83. The first-order valence-corrected chi connectivity index (χ1v) is 20.1. The number of phosphoric acid groups is 1. The molecule has 0 bridgehead atoms. The van der Waals surface area contributed by atoms with Gasteiger partial charge in [-0.15, -0.1) is 0 Å². The normalized spacial score (nSPS) is 15.2. The number of quaternary nitrogens is 1. The van der Waals surface area contributed by atoms with Gasteiger partial charge in [0.25, 0.3) is 7.82 Å². The number of allylic oxidation sites excluding steroid dienone is 17. The topological polar surface area (TPSA) is 94.1 Å². The zero-order valence-corrected chi connectivity index (χ0v) is 33.1. The number of carbonyl (C=O) groups excluding carboxylic acids is 1. The summed E-state index contributed by atoms with van der Waals surface area (Å²) in [5.74, 6) is -0.486. The molecule has 8 nitrogen and oxygen atoms in total. The van der Waals surface area contributed by atoms with Gasteiger partial charge < -0.3 is 27.9 Å². The fraction of sp³-hybridized carbons (Fsp3) is 0.548. The highest BCUT2D eigenvalue weighted by atomic mass is 31.2. The predicted molar refractivity (Wildman–Crippen MR) is 212 cm³/mol. The van der Waals surface area contributed by atoms with Crippen molar-refractivity contribution < 1.29 is 37.3 Å². The van der Waals surface area contributed by atoms with Gasteiger partial charge in [-0.3, -0.25) is 9.36 Å². The molecule has 0 fully saturated rings. The van der Waals surface area contributed by atoms with Crippen LogP contribution in [-0.2, 0) is 27.9 Å². The summed E-state index contributed by atoms with van der Waals surface area (Å²) in [7, 11) is 1.24. The van der Waals surface area contributed by atoms with Crippen LogP contribution in [0.3, 0.4) is 0 Å². The van der Waals surface area contributed by atoms with Crippen LogP contribution >= 0.6 is 7.82 Å². The molecule has 0 aliphatic carbocycles. The van der Waals surface area contributed by atoms with Gasteiger partial charge in [-0.1, -0.05) is 123 Å². The third-order valence-electron chi connectivity index (χ3n) is 6.85. The summed E-state index contributed by atoms with van der Waals surface area (Å²) < 4.78 is 34.2. The summed E-state index contributed by atoms with van der Waals surface area (Å²) >= 11 is 0. The largest absolute Gasteiger partial charge is 0.756 e. The summed E-state index contributed by atoms with van der Waals surface area (Å²) in [5, 5.41) is 0. The van der Waals surface area contributed by atoms with E-state index in [-0.39, 0.29) is 26.2 Å². The molecule has 0 aromatic rings. The van der Waals surface area contributed by atoms with Crippen LogP contribution in [-0.4, -0.2) is 70.7 Å². The first-order valence-electron chi connectivity index (χ1n) is 18.6. The number of hydrogen-bond acceptors (Lipinski definition) is 7. The van der Waals surface area contributed by atoms with Crippen molar-refractivity contribution in [2.24, 2.45) is 0 Å². The van der Waals surface area contributed by atoms with Crippen molar-refractivity contribution >= 4 is 13.8 Å². The lowest BCUT2D eigenvalue weighted by molar-refractivity contribution is -0.870. The zero-order chi connectivity index (χ0) is 37.7. The Bertz CT molecular complexity index is 1170. The van der Waals surface area contributed by atoms with E-state index in [9.17, 15) is 14.3 Å². The SMILES string of the molecule is CC/C=C\C/C=C\C/C=C\C/C=C\C/C=C\CC(=O)OC(COCCC/C=C\C/C=C\C/C=C\C/C=C\CC)COP(=O)([O-])OCC[N+](C)(C)C. The van der Waals surface area contributed by atoms with Crippen molar-refractivity contribution in [2.45, 2.75) is 97.0 Å². The Kier molecular flexibility index (Phi) is 32.3. The molecule has 0 aromatic carbocycles. The predicted octanol–water partition coefficient (Wildman–Crippen LogP) is 9.85. The van der Waals surface area contributed by atoms with Crippen molar-refractivity contribution in [3.05, 3.63) is 109 Å². The first kappa shape index (κ1) is 48.2. The standard InChI is InChI=1S/C42H68NO7P/c1-6-8-10-12-14-16-18-20-22-23-25-27-29-31-33-35-42(44)50-41(40-49-51(45,46)48-38-36-43(3,4)5)39-47-37-34-32-30-28-26-24-21-19-17-15-13-11-9-7-2/h8-11,14-17,20-22,24-25,27-28,30-31,33,41H,6-7,12-13,18-19,23,26,29,32,34-40H2,1-5H3/b10-8-,11-9-,16-14-,17-15-,22-20-,24-21-,27-25-,30-28-,33-31-. The summed E-state index contributed by atoms with van der Waals surface area (Å²) in [6.07, 6.45) is 47.2. The molecule has 9 heteroatoms. The van der Waals surface area contributed by atoms with Crippen LogP contribution in [0.5, 0.6) is 0 Å². The Balaban J connectivity index is 4.60. The number of esters is 1. The van der Waals surface area contributed by atoms with Gasteiger partial charge in [0.2, 0.25) is 0 Å². The molecule has 0 aliphatic rings. The second-order valence-electron chi connectivity index (χ2n) is 12.8. The highest BCUT2D eigenvalue weighted by Gasteiger charge is 2.20. The third kappa shape index (κ3) is 38.2. The second kappa shape index (κ2) is 34.3. The monoisotopic (exact) mass is 729 g/mol. The first-order chi connectivity index (χ1) is 24.6. The average Bonchev–Trinajstić information content (AvgIpc) is 3.08. The molecule has 0 spiro atoms. The van der Waals surface area contributed by atoms with E-state index < -0.39 is 19.9 Å². The maximum atomic E-state index is 12.5. The van der Waals surface area contributed by atoms with E-state index in [4.69, 9.17) is 18.5 Å². The number of carbonyl (C=O) groups is 1. The van der Waals surface area contributed by atoms with E-state index in [0.29, 0.717) is 24.1 Å². The van der Waals surface area contributed by atoms with Crippen molar-refractivity contribution in [1.82, 2.24) is 0 Å². The lowest BCUT2D eigenvalue weighted by atomic mass is 10.2. The molecule has 0 saturated carbocycles. The molecule has 0 amide bonds. The minimum absolute atomic E-state index is 0.00734. The summed E-state index contributed by atoms with van der Waals surface area (Å²) in [4.78, 5) is 24.9. The molecule has 51 heavy (non-hydrogen) atoms. The van der Waals surface area contributed by atoms with Crippen molar-refractivity contribution in [3.8, 4) is 0 Å². The van der Waals surface area contributed by atoms with E-state index in [1.165, 1.54) is 0 Å². The van der Waals surface area contributed by atoms with Crippen LogP contribution in [0.4, 0.5) is 0 Å². The van der Waals surface area contributed by atoms with E-state index in [1.807, 2.05) is 33.3 Å². The van der Waals surface area contributed by atoms with Gasteiger partial charge in [-0.25, -0.2) is 0 Å². The lowest BCUT2D eigenvalue weighted by Gasteiger charge is -2.28. The number of ether oxygens (including phenoxy) is 2. The zero-order valence-electron chi connectivity index (χ0n) is 32.2. The molecule has 0 aliphatic heterocycles. The van der Waals surface area contributed by atoms with Gasteiger partial charge in [0, 0.05) is 6.61 Å². The van der Waals surface area contributed by atoms with Gasteiger partial charge >= 0.3 is 5.97 Å². The molecular weight excluding hydrogens is 661 g/mol. The maximum absolute atomic E-state index is 12.5. The Hall–Kier alpha value is -2.84. The van der Waals surface area contributed by atoms with Crippen LogP contribution < -0.4 is 4.89 Å². The van der Waals surface area contributed by atoms with Gasteiger partial charge in [0.15, 0.2) is 0 Å². The number of unbranched alkanes of at least 4 members (excludes halogenated alkanes) is 1. The van der Waals surface area contributed by atoms with Crippen LogP contribution in [0.25, 0.3) is 0 Å². The highest BCUT2D eigenvalue weighted by Crippen LogP contribution is 2.38. The molecule has 0 rings (SSSR count). The Morgan fingerprint density at radius 1 is 0.608 bits per heavy atom. The van der Waals surface area contributed by atoms with Crippen molar-refractivity contribution in [2.75, 3.05) is 54.1 Å². The Labute approximate surface area is 310 Å². The number of phosphoric ester groups is 1. The summed E-state index contributed by atoms with van der Waals surface area (Å²) in [6, 6.07) is 0. The molecular formula is C42H68NO7P. The molecule has 288 valence electrons. The van der Waals surface area contributed by atoms with Crippen LogP contribution in [0, 0.1) is 0 Å². The van der Waals surface area contributed by atoms with Crippen LogP contribution in [0.15, 0.2) is 109 Å². The quantitative estimate of drug-likeness (QED) is 0.0224. The van der Waals surface area contributed by atoms with Gasteiger partial charge in [0.05, 0.1) is 40.8 Å². The fourth-order valence-electron chi connectivity index (χ4n) is 4.03. The number of hydrogen-bond donors (Lipinski definition) is 0. The van der Waals surface area contributed by atoms with E-state index in [1.54, 1.807) is 6.08 Å². The molecule has 0 heterocycles.